The summed E-state index contributed by atoms with van der Waals surface area (Å²) in [5.74, 6) is -0.105. The second-order valence-electron chi connectivity index (χ2n) is 8.39. The van der Waals surface area contributed by atoms with Gasteiger partial charge in [0.15, 0.2) is 5.16 Å². The minimum Gasteiger partial charge on any atom is -0.378 e. The maximum atomic E-state index is 13.3. The van der Waals surface area contributed by atoms with Gasteiger partial charge in [-0.3, -0.25) is 14.2 Å². The number of para-hydroxylation sites is 1. The molecule has 0 radical (unpaired) electrons. The molecule has 5 rings (SSSR count). The van der Waals surface area contributed by atoms with Crippen LogP contribution in [0.2, 0.25) is 5.02 Å². The van der Waals surface area contributed by atoms with Crippen molar-refractivity contribution in [1.82, 2.24) is 9.55 Å². The maximum absolute atomic E-state index is 13.3. The number of halogens is 1. The molecule has 0 saturated carbocycles. The molecule has 36 heavy (non-hydrogen) atoms. The average Bonchev–Trinajstić information content (AvgIpc) is 2.90. The lowest BCUT2D eigenvalue weighted by Gasteiger charge is -2.29. The first-order valence-corrected chi connectivity index (χ1v) is 13.0. The summed E-state index contributed by atoms with van der Waals surface area (Å²) in [6.45, 7) is 3.28. The highest BCUT2D eigenvalue weighted by Gasteiger charge is 2.16. The van der Waals surface area contributed by atoms with Gasteiger partial charge >= 0.3 is 0 Å². The molecule has 0 atom stereocenters. The number of rotatable bonds is 7. The average molecular weight is 521 g/mol. The third kappa shape index (κ3) is 5.56. The van der Waals surface area contributed by atoms with Crippen LogP contribution in [-0.2, 0) is 16.1 Å². The highest BCUT2D eigenvalue weighted by Crippen LogP contribution is 2.29. The topological polar surface area (TPSA) is 76.5 Å². The number of anilines is 2. The number of hydrogen-bond acceptors (Lipinski definition) is 6. The number of carbonyl (C=O) groups is 1. The number of benzene rings is 3. The standard InChI is InChI=1S/C27H25ClN4O3S/c28-22-16-20(10-11-24(22)31-12-14-35-15-13-31)29-25(33)18-36-27-30-23-9-5-4-8-21(23)26(34)32(27)17-19-6-2-1-3-7-19/h1-11,16H,12-15,17-18H2,(H,29,33). The Morgan fingerprint density at radius 1 is 1.03 bits per heavy atom. The molecular weight excluding hydrogens is 496 g/mol. The van der Waals surface area contributed by atoms with E-state index in [2.05, 4.69) is 10.2 Å². The Balaban J connectivity index is 1.32. The van der Waals surface area contributed by atoms with Crippen LogP contribution in [0.4, 0.5) is 11.4 Å². The predicted octanol–water partition coefficient (Wildman–Crippen LogP) is 4.67. The third-order valence-electron chi connectivity index (χ3n) is 5.93. The van der Waals surface area contributed by atoms with Gasteiger partial charge in [0, 0.05) is 18.8 Å². The van der Waals surface area contributed by atoms with Gasteiger partial charge in [-0.05, 0) is 35.9 Å². The molecule has 184 valence electrons. The van der Waals surface area contributed by atoms with Crippen LogP contribution in [0.3, 0.4) is 0 Å². The highest BCUT2D eigenvalue weighted by molar-refractivity contribution is 7.99. The third-order valence-corrected chi connectivity index (χ3v) is 7.20. The van der Waals surface area contributed by atoms with Crippen LogP contribution in [0, 0.1) is 0 Å². The molecule has 2 heterocycles. The summed E-state index contributed by atoms with van der Waals surface area (Å²) in [4.78, 5) is 32.9. The van der Waals surface area contributed by atoms with Crippen molar-refractivity contribution < 1.29 is 9.53 Å². The number of ether oxygens (including phenoxy) is 1. The fraction of sp³-hybridized carbons (Fsp3) is 0.222. The second kappa shape index (κ2) is 11.2. The molecular formula is C27H25ClN4O3S. The molecule has 3 aromatic carbocycles. The Labute approximate surface area is 218 Å². The van der Waals surface area contributed by atoms with E-state index in [4.69, 9.17) is 21.3 Å². The maximum Gasteiger partial charge on any atom is 0.262 e. The first-order chi connectivity index (χ1) is 17.6. The number of carbonyl (C=O) groups excluding carboxylic acids is 1. The number of amides is 1. The smallest absolute Gasteiger partial charge is 0.262 e. The lowest BCUT2D eigenvalue weighted by Crippen LogP contribution is -2.36. The molecule has 0 bridgehead atoms. The molecule has 7 nitrogen and oxygen atoms in total. The molecule has 9 heteroatoms. The molecule has 0 unspecified atom stereocenters. The van der Waals surface area contributed by atoms with Gasteiger partial charge in [0.25, 0.3) is 5.56 Å². The summed E-state index contributed by atoms with van der Waals surface area (Å²) < 4.78 is 7.03. The largest absolute Gasteiger partial charge is 0.378 e. The number of morpholine rings is 1. The molecule has 1 aliphatic rings. The van der Waals surface area contributed by atoms with Crippen molar-refractivity contribution >= 4 is 51.5 Å². The lowest BCUT2D eigenvalue weighted by molar-refractivity contribution is -0.113. The summed E-state index contributed by atoms with van der Waals surface area (Å²) in [6, 6.07) is 22.5. The summed E-state index contributed by atoms with van der Waals surface area (Å²) in [6.07, 6.45) is 0. The van der Waals surface area contributed by atoms with E-state index < -0.39 is 0 Å². The molecule has 0 spiro atoms. The van der Waals surface area contributed by atoms with Crippen LogP contribution in [0.15, 0.2) is 82.7 Å². The second-order valence-corrected chi connectivity index (χ2v) is 9.74. The monoisotopic (exact) mass is 520 g/mol. The summed E-state index contributed by atoms with van der Waals surface area (Å²) in [5.41, 5.74) is 3.02. The normalized spacial score (nSPS) is 13.6. The van der Waals surface area contributed by atoms with Gasteiger partial charge in [-0.15, -0.1) is 0 Å². The van der Waals surface area contributed by atoms with Crippen LogP contribution in [0.5, 0.6) is 0 Å². The van der Waals surface area contributed by atoms with Gasteiger partial charge in [0.1, 0.15) is 0 Å². The van der Waals surface area contributed by atoms with Gasteiger partial charge < -0.3 is 15.0 Å². The summed E-state index contributed by atoms with van der Waals surface area (Å²) in [7, 11) is 0. The number of fused-ring (bicyclic) bond motifs is 1. The number of nitrogens with zero attached hydrogens (tertiary/aromatic N) is 3. The van der Waals surface area contributed by atoms with Crippen LogP contribution >= 0.6 is 23.4 Å². The first kappa shape index (κ1) is 24.4. The Morgan fingerprint density at radius 2 is 1.78 bits per heavy atom. The van der Waals surface area contributed by atoms with E-state index in [1.54, 1.807) is 16.7 Å². The molecule has 1 aromatic heterocycles. The molecule has 4 aromatic rings. The van der Waals surface area contributed by atoms with Gasteiger partial charge in [-0.1, -0.05) is 65.8 Å². The van der Waals surface area contributed by atoms with E-state index in [0.29, 0.717) is 46.5 Å². The van der Waals surface area contributed by atoms with E-state index in [0.717, 1.165) is 24.3 Å². The fourth-order valence-corrected chi connectivity index (χ4v) is 5.23. The number of thioether (sulfide) groups is 1. The van der Waals surface area contributed by atoms with E-state index in [1.165, 1.54) is 11.8 Å². The van der Waals surface area contributed by atoms with Crippen molar-refractivity contribution in [2.75, 3.05) is 42.3 Å². The molecule has 1 aliphatic heterocycles. The first-order valence-electron chi connectivity index (χ1n) is 11.7. The van der Waals surface area contributed by atoms with Gasteiger partial charge in [-0.2, -0.15) is 0 Å². The molecule has 1 amide bonds. The summed E-state index contributed by atoms with van der Waals surface area (Å²) >= 11 is 7.74. The van der Waals surface area contributed by atoms with Crippen molar-refractivity contribution in [3.05, 3.63) is 93.7 Å². The Hall–Kier alpha value is -3.33. The zero-order valence-electron chi connectivity index (χ0n) is 19.5. The zero-order valence-corrected chi connectivity index (χ0v) is 21.1. The quantitative estimate of drug-likeness (QED) is 0.282. The van der Waals surface area contributed by atoms with Crippen LogP contribution in [0.25, 0.3) is 10.9 Å². The van der Waals surface area contributed by atoms with Crippen molar-refractivity contribution in [2.45, 2.75) is 11.7 Å². The van der Waals surface area contributed by atoms with Gasteiger partial charge in [0.2, 0.25) is 5.91 Å². The Morgan fingerprint density at radius 3 is 2.56 bits per heavy atom. The summed E-state index contributed by atoms with van der Waals surface area (Å²) in [5, 5.41) is 4.53. The number of nitrogens with one attached hydrogen (secondary N) is 1. The van der Waals surface area contributed by atoms with Crippen molar-refractivity contribution in [3.8, 4) is 0 Å². The SMILES string of the molecule is O=C(CSc1nc2ccccc2c(=O)n1Cc1ccccc1)Nc1ccc(N2CCOCC2)c(Cl)c1. The predicted molar refractivity (Wildman–Crippen MR) is 145 cm³/mol. The minimum atomic E-state index is -0.205. The highest BCUT2D eigenvalue weighted by atomic mass is 35.5. The van der Waals surface area contributed by atoms with Crippen molar-refractivity contribution in [3.63, 3.8) is 0 Å². The van der Waals surface area contributed by atoms with Gasteiger partial charge in [0.05, 0.1) is 47.1 Å². The van der Waals surface area contributed by atoms with Crippen molar-refractivity contribution in [1.29, 1.82) is 0 Å². The zero-order chi connectivity index (χ0) is 24.9. The van der Waals surface area contributed by atoms with E-state index in [-0.39, 0.29) is 17.2 Å². The van der Waals surface area contributed by atoms with Gasteiger partial charge in [-0.25, -0.2) is 4.98 Å². The van der Waals surface area contributed by atoms with Crippen LogP contribution in [0.1, 0.15) is 5.56 Å². The molecule has 1 N–H and O–H groups in total. The lowest BCUT2D eigenvalue weighted by atomic mass is 10.2. The number of aromatic nitrogens is 2. The number of hydrogen-bond donors (Lipinski definition) is 1. The van der Waals surface area contributed by atoms with E-state index >= 15 is 0 Å². The van der Waals surface area contributed by atoms with E-state index in [1.807, 2.05) is 60.7 Å². The van der Waals surface area contributed by atoms with Crippen LogP contribution < -0.4 is 15.8 Å². The fourth-order valence-electron chi connectivity index (χ4n) is 4.14. The molecule has 0 aliphatic carbocycles. The van der Waals surface area contributed by atoms with E-state index in [9.17, 15) is 9.59 Å². The Bertz CT molecular complexity index is 1440. The molecule has 1 fully saturated rings. The Kier molecular flexibility index (Phi) is 7.55. The molecule has 1 saturated heterocycles. The van der Waals surface area contributed by atoms with Crippen molar-refractivity contribution in [2.24, 2.45) is 0 Å². The van der Waals surface area contributed by atoms with Crippen LogP contribution in [-0.4, -0.2) is 47.5 Å². The minimum absolute atomic E-state index is 0.0996.